The van der Waals surface area contributed by atoms with Gasteiger partial charge in [-0.1, -0.05) is 0 Å². The van der Waals surface area contributed by atoms with E-state index >= 15 is 0 Å². The molecule has 0 spiro atoms. The molecule has 0 unspecified atom stereocenters. The van der Waals surface area contributed by atoms with Crippen LogP contribution in [0.5, 0.6) is 0 Å². The van der Waals surface area contributed by atoms with Gasteiger partial charge in [0.2, 0.25) is 17.7 Å². The second-order valence-electron chi connectivity index (χ2n) is 4.05. The van der Waals surface area contributed by atoms with Crippen molar-refractivity contribution in [3.8, 4) is 0 Å². The Hall–Kier alpha value is -2.16. The molecule has 0 saturated carbocycles. The van der Waals surface area contributed by atoms with Crippen molar-refractivity contribution in [3.05, 3.63) is 0 Å². The van der Waals surface area contributed by atoms with E-state index in [1.54, 1.807) is 7.05 Å². The summed E-state index contributed by atoms with van der Waals surface area (Å²) in [6, 6.07) is 0. The number of likely N-dealkylation sites (N-methyl/N-ethyl adjacent to an activating group) is 1. The van der Waals surface area contributed by atoms with E-state index in [4.69, 9.17) is 10.8 Å². The molecule has 3 amide bonds. The minimum atomic E-state index is -1.22. The largest absolute Gasteiger partial charge is 0.481 e. The molecule has 0 aliphatic carbocycles. The molecular weight excluding hydrogens is 268 g/mol. The average molecular weight is 288 g/mol. The summed E-state index contributed by atoms with van der Waals surface area (Å²) in [5.41, 5.74) is 4.95. The lowest BCUT2D eigenvalue weighted by atomic mass is 10.3. The van der Waals surface area contributed by atoms with Crippen LogP contribution in [0.25, 0.3) is 0 Å². The predicted octanol–water partition coefficient (Wildman–Crippen LogP) is -2.50. The van der Waals surface area contributed by atoms with Crippen LogP contribution in [0.1, 0.15) is 12.8 Å². The number of carboxylic acid groups (broad SMARTS) is 1. The Bertz CT molecular complexity index is 372. The number of amides is 3. The van der Waals surface area contributed by atoms with Crippen molar-refractivity contribution in [2.75, 3.05) is 33.2 Å². The van der Waals surface area contributed by atoms with Crippen LogP contribution in [0.4, 0.5) is 0 Å². The minimum absolute atomic E-state index is 0.111. The number of carboxylic acids is 1. The lowest BCUT2D eigenvalue weighted by molar-refractivity contribution is -0.141. The standard InChI is InChI=1S/C11H20N4O5/c1-13-2-4-15(10(18)6-8(12)16)5-3-14-9(17)7-11(19)20/h13H,2-7H2,1H3,(H2,12,16)(H,14,17)(H,19,20). The van der Waals surface area contributed by atoms with E-state index in [0.29, 0.717) is 13.1 Å². The van der Waals surface area contributed by atoms with Crippen LogP contribution >= 0.6 is 0 Å². The number of hydrogen-bond donors (Lipinski definition) is 4. The summed E-state index contributed by atoms with van der Waals surface area (Å²) < 4.78 is 0. The van der Waals surface area contributed by atoms with Crippen LogP contribution in [0, 0.1) is 0 Å². The first-order chi connectivity index (χ1) is 9.36. The molecule has 0 fully saturated rings. The maximum Gasteiger partial charge on any atom is 0.312 e. The normalized spacial score (nSPS) is 9.85. The second kappa shape index (κ2) is 9.73. The molecule has 5 N–H and O–H groups in total. The van der Waals surface area contributed by atoms with Gasteiger partial charge < -0.3 is 26.4 Å². The van der Waals surface area contributed by atoms with Gasteiger partial charge in [0, 0.05) is 26.2 Å². The zero-order valence-electron chi connectivity index (χ0n) is 11.3. The van der Waals surface area contributed by atoms with E-state index < -0.39 is 36.5 Å². The van der Waals surface area contributed by atoms with Crippen molar-refractivity contribution in [2.45, 2.75) is 12.8 Å². The zero-order chi connectivity index (χ0) is 15.5. The third kappa shape index (κ3) is 8.86. The molecular formula is C11H20N4O5. The van der Waals surface area contributed by atoms with Gasteiger partial charge in [-0.3, -0.25) is 19.2 Å². The highest BCUT2D eigenvalue weighted by Gasteiger charge is 2.15. The van der Waals surface area contributed by atoms with Crippen molar-refractivity contribution in [3.63, 3.8) is 0 Å². The highest BCUT2D eigenvalue weighted by atomic mass is 16.4. The Kier molecular flexibility index (Phi) is 8.68. The molecule has 9 nitrogen and oxygen atoms in total. The molecule has 0 aromatic carbocycles. The molecule has 20 heavy (non-hydrogen) atoms. The summed E-state index contributed by atoms with van der Waals surface area (Å²) in [6.45, 7) is 1.17. The molecule has 0 aromatic heterocycles. The number of nitrogens with two attached hydrogens (primary N) is 1. The number of aliphatic carboxylic acids is 1. The molecule has 0 aliphatic rings. The van der Waals surface area contributed by atoms with E-state index in [1.807, 2.05) is 0 Å². The van der Waals surface area contributed by atoms with Crippen molar-refractivity contribution in [1.82, 2.24) is 15.5 Å². The Balaban J connectivity index is 4.22. The number of carbonyl (C=O) groups excluding carboxylic acids is 3. The van der Waals surface area contributed by atoms with Crippen molar-refractivity contribution < 1.29 is 24.3 Å². The zero-order valence-corrected chi connectivity index (χ0v) is 11.3. The van der Waals surface area contributed by atoms with Crippen molar-refractivity contribution in [2.24, 2.45) is 5.73 Å². The fourth-order valence-electron chi connectivity index (χ4n) is 1.40. The molecule has 9 heteroatoms. The van der Waals surface area contributed by atoms with Gasteiger partial charge >= 0.3 is 5.97 Å². The number of carbonyl (C=O) groups is 4. The van der Waals surface area contributed by atoms with Crippen LogP contribution in [-0.4, -0.2) is 66.9 Å². The van der Waals surface area contributed by atoms with Crippen LogP contribution in [-0.2, 0) is 19.2 Å². The quantitative estimate of drug-likeness (QED) is 0.327. The first-order valence-corrected chi connectivity index (χ1v) is 6.06. The monoisotopic (exact) mass is 288 g/mol. The highest BCUT2D eigenvalue weighted by molar-refractivity contribution is 5.96. The highest BCUT2D eigenvalue weighted by Crippen LogP contribution is 1.93. The number of primary amides is 1. The fourth-order valence-corrected chi connectivity index (χ4v) is 1.40. The predicted molar refractivity (Wildman–Crippen MR) is 69.6 cm³/mol. The molecule has 0 aliphatic heterocycles. The number of nitrogens with one attached hydrogen (secondary N) is 2. The summed E-state index contributed by atoms with van der Waals surface area (Å²) in [5.74, 6) is -3.01. The number of rotatable bonds is 10. The Morgan fingerprint density at radius 2 is 1.70 bits per heavy atom. The minimum Gasteiger partial charge on any atom is -0.481 e. The average Bonchev–Trinajstić information content (AvgIpc) is 2.31. The van der Waals surface area contributed by atoms with E-state index in [2.05, 4.69) is 10.6 Å². The molecule has 0 rings (SSSR count). The van der Waals surface area contributed by atoms with Crippen molar-refractivity contribution in [1.29, 1.82) is 0 Å². The molecule has 114 valence electrons. The van der Waals surface area contributed by atoms with Gasteiger partial charge in [-0.2, -0.15) is 0 Å². The third-order valence-corrected chi connectivity index (χ3v) is 2.33. The van der Waals surface area contributed by atoms with Crippen molar-refractivity contribution >= 4 is 23.7 Å². The van der Waals surface area contributed by atoms with Crippen LogP contribution in [0.15, 0.2) is 0 Å². The SMILES string of the molecule is CNCCN(CCNC(=O)CC(=O)O)C(=O)CC(N)=O. The van der Waals surface area contributed by atoms with Gasteiger partial charge in [0.25, 0.3) is 0 Å². The Labute approximate surface area is 116 Å². The van der Waals surface area contributed by atoms with E-state index in [-0.39, 0.29) is 13.1 Å². The Morgan fingerprint density at radius 3 is 2.20 bits per heavy atom. The van der Waals surface area contributed by atoms with Crippen LogP contribution in [0.3, 0.4) is 0 Å². The maximum absolute atomic E-state index is 11.7. The maximum atomic E-state index is 11.7. The summed E-state index contributed by atoms with van der Waals surface area (Å²) >= 11 is 0. The molecule has 0 heterocycles. The lowest BCUT2D eigenvalue weighted by Gasteiger charge is -2.22. The number of hydrogen-bond acceptors (Lipinski definition) is 5. The van der Waals surface area contributed by atoms with Crippen LogP contribution in [0.2, 0.25) is 0 Å². The van der Waals surface area contributed by atoms with Gasteiger partial charge in [0.1, 0.15) is 12.8 Å². The van der Waals surface area contributed by atoms with E-state index in [9.17, 15) is 19.2 Å². The first-order valence-electron chi connectivity index (χ1n) is 6.06. The van der Waals surface area contributed by atoms with E-state index in [0.717, 1.165) is 0 Å². The van der Waals surface area contributed by atoms with E-state index in [1.165, 1.54) is 4.90 Å². The lowest BCUT2D eigenvalue weighted by Crippen LogP contribution is -2.42. The summed E-state index contributed by atoms with van der Waals surface area (Å²) in [7, 11) is 1.71. The molecule has 0 saturated heterocycles. The smallest absolute Gasteiger partial charge is 0.312 e. The number of nitrogens with zero attached hydrogens (tertiary/aromatic N) is 1. The topological polar surface area (TPSA) is 142 Å². The van der Waals surface area contributed by atoms with Gasteiger partial charge in [-0.15, -0.1) is 0 Å². The second-order valence-corrected chi connectivity index (χ2v) is 4.05. The molecule has 0 atom stereocenters. The molecule has 0 bridgehead atoms. The van der Waals surface area contributed by atoms with Crippen LogP contribution < -0.4 is 16.4 Å². The fraction of sp³-hybridized carbons (Fsp3) is 0.636. The molecule has 0 aromatic rings. The molecule has 0 radical (unpaired) electrons. The Morgan fingerprint density at radius 1 is 1.10 bits per heavy atom. The summed E-state index contributed by atoms with van der Waals surface area (Å²) in [4.78, 5) is 45.2. The van der Waals surface area contributed by atoms with Gasteiger partial charge in [0.05, 0.1) is 0 Å². The third-order valence-electron chi connectivity index (χ3n) is 2.33. The van der Waals surface area contributed by atoms with Gasteiger partial charge in [0.15, 0.2) is 0 Å². The van der Waals surface area contributed by atoms with Gasteiger partial charge in [-0.25, -0.2) is 0 Å². The first kappa shape index (κ1) is 17.8. The van der Waals surface area contributed by atoms with Gasteiger partial charge in [-0.05, 0) is 7.05 Å². The summed E-state index contributed by atoms with van der Waals surface area (Å²) in [5, 5.41) is 13.6. The summed E-state index contributed by atoms with van der Waals surface area (Å²) in [6.07, 6.45) is -1.02.